The van der Waals surface area contributed by atoms with Crippen LogP contribution in [0.5, 0.6) is 0 Å². The van der Waals surface area contributed by atoms with Gasteiger partial charge in [-0.15, -0.1) is 0 Å². The maximum Gasteiger partial charge on any atom is 0.376 e. The summed E-state index contributed by atoms with van der Waals surface area (Å²) in [6.07, 6.45) is 0. The molecule has 0 bridgehead atoms. The van der Waals surface area contributed by atoms with Crippen LogP contribution in [0.15, 0.2) is 28.7 Å². The molecule has 1 heterocycles. The number of esters is 1. The predicted molar refractivity (Wildman–Crippen MR) is 70.9 cm³/mol. The number of benzene rings is 1. The van der Waals surface area contributed by atoms with Crippen LogP contribution in [0, 0.1) is 0 Å². The summed E-state index contributed by atoms with van der Waals surface area (Å²) in [5.41, 5.74) is 1.12. The predicted octanol–water partition coefficient (Wildman–Crippen LogP) is 3.68. The normalized spacial score (nSPS) is 10.4. The van der Waals surface area contributed by atoms with E-state index in [0.29, 0.717) is 27.5 Å². The zero-order valence-electron chi connectivity index (χ0n) is 9.44. The highest BCUT2D eigenvalue weighted by molar-refractivity contribution is 9.08. The molecule has 6 heteroatoms. The first-order chi connectivity index (χ1) is 8.67. The van der Waals surface area contributed by atoms with Crippen LogP contribution in [-0.4, -0.2) is 18.1 Å². The van der Waals surface area contributed by atoms with Crippen LogP contribution in [0.4, 0.5) is 0 Å². The van der Waals surface area contributed by atoms with Gasteiger partial charge in [0.15, 0.2) is 0 Å². The van der Waals surface area contributed by atoms with Crippen LogP contribution in [0.3, 0.4) is 0 Å². The summed E-state index contributed by atoms with van der Waals surface area (Å²) in [7, 11) is 1.29. The van der Waals surface area contributed by atoms with Crippen molar-refractivity contribution in [2.45, 2.75) is 5.33 Å². The fourth-order valence-electron chi connectivity index (χ4n) is 1.44. The van der Waals surface area contributed by atoms with Gasteiger partial charge in [-0.2, -0.15) is 0 Å². The van der Waals surface area contributed by atoms with Crippen LogP contribution in [-0.2, 0) is 10.1 Å². The largest absolute Gasteiger partial charge is 0.463 e. The standard InChI is InChI=1S/C12H9BrClNO3/c1-17-12(16)10-9(6-13)15-11(18-10)7-4-2-3-5-8(7)14/h2-5H,6H2,1H3. The molecular weight excluding hydrogens is 321 g/mol. The lowest BCUT2D eigenvalue weighted by Crippen LogP contribution is -2.02. The minimum absolute atomic E-state index is 0.0873. The Balaban J connectivity index is 2.51. The van der Waals surface area contributed by atoms with E-state index in [1.807, 2.05) is 6.07 Å². The average molecular weight is 331 g/mol. The van der Waals surface area contributed by atoms with E-state index in [1.54, 1.807) is 18.2 Å². The number of aromatic nitrogens is 1. The summed E-state index contributed by atoms with van der Waals surface area (Å²) in [6.45, 7) is 0. The molecule has 18 heavy (non-hydrogen) atoms. The van der Waals surface area contributed by atoms with Crippen molar-refractivity contribution >= 4 is 33.5 Å². The third-order valence-electron chi connectivity index (χ3n) is 2.30. The molecule has 94 valence electrons. The molecule has 0 aliphatic rings. The van der Waals surface area contributed by atoms with E-state index in [-0.39, 0.29) is 5.76 Å². The molecule has 2 aromatic rings. The van der Waals surface area contributed by atoms with Gasteiger partial charge >= 0.3 is 5.97 Å². The van der Waals surface area contributed by atoms with Crippen LogP contribution in [0.2, 0.25) is 5.02 Å². The molecule has 0 radical (unpaired) electrons. The number of hydrogen-bond donors (Lipinski definition) is 0. The molecule has 0 saturated carbocycles. The Morgan fingerprint density at radius 2 is 2.22 bits per heavy atom. The summed E-state index contributed by atoms with van der Waals surface area (Å²) in [4.78, 5) is 15.7. The summed E-state index contributed by atoms with van der Waals surface area (Å²) in [5, 5.41) is 0.905. The number of carbonyl (C=O) groups excluding carboxylic acids is 1. The topological polar surface area (TPSA) is 52.3 Å². The zero-order valence-corrected chi connectivity index (χ0v) is 11.8. The number of rotatable bonds is 3. The van der Waals surface area contributed by atoms with Crippen molar-refractivity contribution in [2.24, 2.45) is 0 Å². The first kappa shape index (κ1) is 13.1. The van der Waals surface area contributed by atoms with Gasteiger partial charge in [0.1, 0.15) is 5.69 Å². The van der Waals surface area contributed by atoms with Crippen LogP contribution in [0.25, 0.3) is 11.5 Å². The lowest BCUT2D eigenvalue weighted by molar-refractivity contribution is 0.0565. The number of alkyl halides is 1. The highest BCUT2D eigenvalue weighted by atomic mass is 79.9. The zero-order chi connectivity index (χ0) is 13.1. The molecular formula is C12H9BrClNO3. The Morgan fingerprint density at radius 3 is 2.83 bits per heavy atom. The van der Waals surface area contributed by atoms with E-state index in [9.17, 15) is 4.79 Å². The summed E-state index contributed by atoms with van der Waals surface area (Å²) in [5.74, 6) is -0.171. The molecule has 0 N–H and O–H groups in total. The number of methoxy groups -OCH3 is 1. The van der Waals surface area contributed by atoms with Crippen LogP contribution < -0.4 is 0 Å². The second kappa shape index (κ2) is 5.54. The van der Waals surface area contributed by atoms with Crippen molar-refractivity contribution in [1.29, 1.82) is 0 Å². The molecule has 0 saturated heterocycles. The lowest BCUT2D eigenvalue weighted by Gasteiger charge is -1.97. The summed E-state index contributed by atoms with van der Waals surface area (Å²) < 4.78 is 10.1. The molecule has 2 rings (SSSR count). The first-order valence-electron chi connectivity index (χ1n) is 5.06. The highest BCUT2D eigenvalue weighted by Crippen LogP contribution is 2.29. The van der Waals surface area contributed by atoms with E-state index in [1.165, 1.54) is 7.11 Å². The van der Waals surface area contributed by atoms with Gasteiger partial charge in [-0.05, 0) is 12.1 Å². The number of oxazole rings is 1. The second-order valence-corrected chi connectivity index (χ2v) is 4.37. The van der Waals surface area contributed by atoms with Gasteiger partial charge in [0, 0.05) is 5.33 Å². The van der Waals surface area contributed by atoms with Crippen molar-refractivity contribution in [2.75, 3.05) is 7.11 Å². The molecule has 0 fully saturated rings. The van der Waals surface area contributed by atoms with Gasteiger partial charge in [0.2, 0.25) is 11.7 Å². The lowest BCUT2D eigenvalue weighted by atomic mass is 10.2. The Kier molecular flexibility index (Phi) is 4.04. The van der Waals surface area contributed by atoms with E-state index >= 15 is 0 Å². The maximum atomic E-state index is 11.5. The summed E-state index contributed by atoms with van der Waals surface area (Å²) >= 11 is 9.30. The first-order valence-corrected chi connectivity index (χ1v) is 6.56. The SMILES string of the molecule is COC(=O)c1oc(-c2ccccc2Cl)nc1CBr. The average Bonchev–Trinajstić information content (AvgIpc) is 2.82. The minimum Gasteiger partial charge on any atom is -0.463 e. The quantitative estimate of drug-likeness (QED) is 0.636. The third-order valence-corrected chi connectivity index (χ3v) is 3.16. The fourth-order valence-corrected chi connectivity index (χ4v) is 2.04. The van der Waals surface area contributed by atoms with E-state index in [0.717, 1.165) is 0 Å². The van der Waals surface area contributed by atoms with Crippen molar-refractivity contribution in [3.63, 3.8) is 0 Å². The number of hydrogen-bond acceptors (Lipinski definition) is 4. The molecule has 4 nitrogen and oxygen atoms in total. The molecule has 0 aliphatic heterocycles. The van der Waals surface area contributed by atoms with Gasteiger partial charge < -0.3 is 9.15 Å². The van der Waals surface area contributed by atoms with E-state index < -0.39 is 5.97 Å². The van der Waals surface area contributed by atoms with E-state index in [2.05, 4.69) is 25.7 Å². The molecule has 1 aromatic heterocycles. The Hall–Kier alpha value is -1.33. The highest BCUT2D eigenvalue weighted by Gasteiger charge is 2.21. The third kappa shape index (κ3) is 2.42. The number of carbonyl (C=O) groups is 1. The molecule has 0 amide bonds. The molecule has 0 atom stereocenters. The number of ether oxygens (including phenoxy) is 1. The van der Waals surface area contributed by atoms with Gasteiger partial charge in [0.05, 0.1) is 17.7 Å². The van der Waals surface area contributed by atoms with E-state index in [4.69, 9.17) is 16.0 Å². The maximum absolute atomic E-state index is 11.5. The van der Waals surface area contributed by atoms with Crippen molar-refractivity contribution < 1.29 is 13.9 Å². The van der Waals surface area contributed by atoms with Crippen molar-refractivity contribution in [3.8, 4) is 11.5 Å². The monoisotopic (exact) mass is 329 g/mol. The van der Waals surface area contributed by atoms with Gasteiger partial charge in [-0.25, -0.2) is 9.78 Å². The minimum atomic E-state index is -0.560. The van der Waals surface area contributed by atoms with Crippen molar-refractivity contribution in [1.82, 2.24) is 4.98 Å². The Labute approximate surface area is 117 Å². The second-order valence-electron chi connectivity index (χ2n) is 3.40. The van der Waals surface area contributed by atoms with Gasteiger partial charge in [-0.1, -0.05) is 39.7 Å². The molecule has 0 unspecified atom stereocenters. The Bertz CT molecular complexity index is 582. The smallest absolute Gasteiger partial charge is 0.376 e. The van der Waals surface area contributed by atoms with Gasteiger partial charge in [-0.3, -0.25) is 0 Å². The number of nitrogens with zero attached hydrogens (tertiary/aromatic N) is 1. The fraction of sp³-hybridized carbons (Fsp3) is 0.167. The summed E-state index contributed by atoms with van der Waals surface area (Å²) in [6, 6.07) is 7.12. The molecule has 0 aliphatic carbocycles. The number of halogens is 2. The van der Waals surface area contributed by atoms with Crippen molar-refractivity contribution in [3.05, 3.63) is 40.7 Å². The molecule has 0 spiro atoms. The molecule has 1 aromatic carbocycles. The van der Waals surface area contributed by atoms with Crippen LogP contribution in [0.1, 0.15) is 16.2 Å². The Morgan fingerprint density at radius 1 is 1.50 bits per heavy atom. The van der Waals surface area contributed by atoms with Crippen LogP contribution >= 0.6 is 27.5 Å². The van der Waals surface area contributed by atoms with Gasteiger partial charge in [0.25, 0.3) is 0 Å².